The molecule has 6 heteroatoms. The Labute approximate surface area is 113 Å². The number of nitrogens with one attached hydrogen (secondary N) is 1. The maximum Gasteiger partial charge on any atom is 0.303 e. The topological polar surface area (TPSA) is 83.0 Å². The van der Waals surface area contributed by atoms with Gasteiger partial charge in [0.1, 0.15) is 5.82 Å². The molecule has 2 N–H and O–H groups in total. The number of aryl methyl sites for hydroxylation is 1. The lowest BCUT2D eigenvalue weighted by Crippen LogP contribution is -2.15. The summed E-state index contributed by atoms with van der Waals surface area (Å²) in [5, 5.41) is 9.13. The summed E-state index contributed by atoms with van der Waals surface area (Å²) in [6.07, 6.45) is 1.47. The normalized spacial score (nSPS) is 10.4. The molecule has 0 aliphatic carbocycles. The average molecular weight is 279 g/mol. The molecule has 0 atom stereocenters. The predicted molar refractivity (Wildman–Crippen MR) is 71.3 cm³/mol. The van der Waals surface area contributed by atoms with Gasteiger partial charge in [0.15, 0.2) is 0 Å². The molecule has 0 unspecified atom stereocenters. The highest BCUT2D eigenvalue weighted by Crippen LogP contribution is 2.18. The Kier molecular flexibility index (Phi) is 3.97. The van der Waals surface area contributed by atoms with Crippen LogP contribution in [0.15, 0.2) is 35.3 Å². The van der Waals surface area contributed by atoms with Crippen molar-refractivity contribution in [2.24, 2.45) is 0 Å². The van der Waals surface area contributed by atoms with Crippen molar-refractivity contribution in [2.45, 2.75) is 12.8 Å². The number of carboxylic acid groups (broad SMARTS) is 1. The molecule has 0 saturated carbocycles. The summed E-state index contributed by atoms with van der Waals surface area (Å²) < 4.78 is 0. The van der Waals surface area contributed by atoms with E-state index >= 15 is 0 Å². The van der Waals surface area contributed by atoms with Gasteiger partial charge in [0.2, 0.25) is 0 Å². The van der Waals surface area contributed by atoms with Gasteiger partial charge in [-0.1, -0.05) is 23.7 Å². The van der Waals surface area contributed by atoms with Crippen LogP contribution >= 0.6 is 11.6 Å². The van der Waals surface area contributed by atoms with Crippen molar-refractivity contribution < 1.29 is 9.90 Å². The van der Waals surface area contributed by atoms with Gasteiger partial charge in [-0.25, -0.2) is 4.98 Å². The Morgan fingerprint density at radius 2 is 2.21 bits per heavy atom. The van der Waals surface area contributed by atoms with E-state index in [-0.39, 0.29) is 18.4 Å². The molecule has 0 aliphatic rings. The first-order valence-electron chi connectivity index (χ1n) is 5.62. The van der Waals surface area contributed by atoms with E-state index in [4.69, 9.17) is 16.7 Å². The second-order valence-corrected chi connectivity index (χ2v) is 4.43. The monoisotopic (exact) mass is 278 g/mol. The third-order valence-electron chi connectivity index (χ3n) is 2.58. The van der Waals surface area contributed by atoms with E-state index < -0.39 is 5.97 Å². The summed E-state index contributed by atoms with van der Waals surface area (Å²) in [4.78, 5) is 29.0. The van der Waals surface area contributed by atoms with Crippen LogP contribution in [0.5, 0.6) is 0 Å². The molecule has 0 bridgehead atoms. The molecule has 0 aliphatic heterocycles. The Hall–Kier alpha value is -2.14. The number of nitrogens with zero attached hydrogens (tertiary/aromatic N) is 1. The second-order valence-electron chi connectivity index (χ2n) is 3.99. The molecule has 1 aromatic carbocycles. The van der Waals surface area contributed by atoms with Gasteiger partial charge < -0.3 is 10.1 Å². The van der Waals surface area contributed by atoms with Crippen LogP contribution in [0.3, 0.4) is 0 Å². The third kappa shape index (κ3) is 3.42. The quantitative estimate of drug-likeness (QED) is 0.897. The number of hydrogen-bond donors (Lipinski definition) is 2. The molecular formula is C13H11ClN2O3. The SMILES string of the molecule is O=C(O)CCc1cnc(-c2cccc(Cl)c2)[nH]c1=O. The number of aliphatic carboxylic acids is 1. The van der Waals surface area contributed by atoms with Crippen molar-refractivity contribution in [3.8, 4) is 11.4 Å². The lowest BCUT2D eigenvalue weighted by molar-refractivity contribution is -0.136. The fourth-order valence-corrected chi connectivity index (χ4v) is 1.81. The number of hydrogen-bond acceptors (Lipinski definition) is 3. The summed E-state index contributed by atoms with van der Waals surface area (Å²) in [6, 6.07) is 6.96. The largest absolute Gasteiger partial charge is 0.481 e. The molecule has 2 rings (SSSR count). The van der Waals surface area contributed by atoms with Crippen LogP contribution in [0.1, 0.15) is 12.0 Å². The van der Waals surface area contributed by atoms with Crippen molar-refractivity contribution in [3.05, 3.63) is 51.4 Å². The van der Waals surface area contributed by atoms with E-state index in [1.165, 1.54) is 6.20 Å². The van der Waals surface area contributed by atoms with Gasteiger partial charge in [0.25, 0.3) is 5.56 Å². The van der Waals surface area contributed by atoms with Gasteiger partial charge in [0, 0.05) is 28.8 Å². The van der Waals surface area contributed by atoms with Crippen LogP contribution < -0.4 is 5.56 Å². The van der Waals surface area contributed by atoms with Crippen molar-refractivity contribution in [1.29, 1.82) is 0 Å². The van der Waals surface area contributed by atoms with E-state index in [0.717, 1.165) is 0 Å². The first-order valence-corrected chi connectivity index (χ1v) is 6.00. The minimum Gasteiger partial charge on any atom is -0.481 e. The minimum atomic E-state index is -0.946. The van der Waals surface area contributed by atoms with Gasteiger partial charge in [-0.3, -0.25) is 9.59 Å². The van der Waals surface area contributed by atoms with Crippen LogP contribution in [0, 0.1) is 0 Å². The zero-order valence-electron chi connectivity index (χ0n) is 9.89. The number of aromatic amines is 1. The molecule has 1 heterocycles. The van der Waals surface area contributed by atoms with Gasteiger partial charge in [-0.05, 0) is 18.6 Å². The average Bonchev–Trinajstić information content (AvgIpc) is 2.37. The van der Waals surface area contributed by atoms with Crippen molar-refractivity contribution in [3.63, 3.8) is 0 Å². The number of benzene rings is 1. The van der Waals surface area contributed by atoms with Crippen molar-refractivity contribution >= 4 is 17.6 Å². The lowest BCUT2D eigenvalue weighted by Gasteiger charge is -2.03. The molecular weight excluding hydrogens is 268 g/mol. The van der Waals surface area contributed by atoms with Gasteiger partial charge in [-0.2, -0.15) is 0 Å². The molecule has 19 heavy (non-hydrogen) atoms. The third-order valence-corrected chi connectivity index (χ3v) is 2.81. The van der Waals surface area contributed by atoms with E-state index in [1.54, 1.807) is 24.3 Å². The van der Waals surface area contributed by atoms with Crippen LogP contribution in [0.4, 0.5) is 0 Å². The highest BCUT2D eigenvalue weighted by molar-refractivity contribution is 6.30. The number of carbonyl (C=O) groups is 1. The molecule has 98 valence electrons. The Morgan fingerprint density at radius 3 is 2.84 bits per heavy atom. The number of H-pyrrole nitrogens is 1. The fourth-order valence-electron chi connectivity index (χ4n) is 1.62. The summed E-state index contributed by atoms with van der Waals surface area (Å²) in [5.41, 5.74) is 0.730. The zero-order valence-corrected chi connectivity index (χ0v) is 10.6. The Balaban J connectivity index is 2.28. The van der Waals surface area contributed by atoms with E-state index in [9.17, 15) is 9.59 Å². The van der Waals surface area contributed by atoms with Crippen LogP contribution in [-0.4, -0.2) is 21.0 Å². The number of rotatable bonds is 4. The van der Waals surface area contributed by atoms with Gasteiger partial charge >= 0.3 is 5.97 Å². The first kappa shape index (κ1) is 13.3. The number of aromatic nitrogens is 2. The zero-order chi connectivity index (χ0) is 13.8. The van der Waals surface area contributed by atoms with Crippen LogP contribution in [-0.2, 0) is 11.2 Å². The summed E-state index contributed by atoms with van der Waals surface area (Å²) in [7, 11) is 0. The number of halogens is 1. The van der Waals surface area contributed by atoms with E-state index in [0.29, 0.717) is 22.0 Å². The summed E-state index contributed by atoms with van der Waals surface area (Å²) in [6.45, 7) is 0. The van der Waals surface area contributed by atoms with Gasteiger partial charge in [0.05, 0.1) is 0 Å². The maximum atomic E-state index is 11.8. The predicted octanol–water partition coefficient (Wildman–Crippen LogP) is 2.11. The second kappa shape index (κ2) is 5.67. The van der Waals surface area contributed by atoms with Gasteiger partial charge in [-0.15, -0.1) is 0 Å². The number of carboxylic acids is 1. The molecule has 0 amide bonds. The standard InChI is InChI=1S/C13H11ClN2O3/c14-10-3-1-2-8(6-10)12-15-7-9(13(19)16-12)4-5-11(17)18/h1-3,6-7H,4-5H2,(H,17,18)(H,15,16,19). The molecule has 1 aromatic heterocycles. The molecule has 0 radical (unpaired) electrons. The minimum absolute atomic E-state index is 0.0960. The first-order chi connectivity index (χ1) is 9.06. The maximum absolute atomic E-state index is 11.8. The van der Waals surface area contributed by atoms with Crippen LogP contribution in [0.25, 0.3) is 11.4 Å². The van der Waals surface area contributed by atoms with E-state index in [2.05, 4.69) is 9.97 Å². The highest BCUT2D eigenvalue weighted by atomic mass is 35.5. The van der Waals surface area contributed by atoms with E-state index in [1.807, 2.05) is 0 Å². The molecule has 0 spiro atoms. The lowest BCUT2D eigenvalue weighted by atomic mass is 10.1. The molecule has 5 nitrogen and oxygen atoms in total. The molecule has 0 fully saturated rings. The molecule has 0 saturated heterocycles. The highest BCUT2D eigenvalue weighted by Gasteiger charge is 2.07. The van der Waals surface area contributed by atoms with Crippen molar-refractivity contribution in [1.82, 2.24) is 9.97 Å². The Morgan fingerprint density at radius 1 is 1.42 bits per heavy atom. The van der Waals surface area contributed by atoms with Crippen molar-refractivity contribution in [2.75, 3.05) is 0 Å². The molecule has 2 aromatic rings. The fraction of sp³-hybridized carbons (Fsp3) is 0.154. The smallest absolute Gasteiger partial charge is 0.303 e. The summed E-state index contributed by atoms with van der Waals surface area (Å²) >= 11 is 5.87. The summed E-state index contributed by atoms with van der Waals surface area (Å²) in [5.74, 6) is -0.537. The van der Waals surface area contributed by atoms with Crippen LogP contribution in [0.2, 0.25) is 5.02 Å². The Bertz CT molecular complexity index is 667.